The Morgan fingerprint density at radius 1 is 1.38 bits per heavy atom. The Morgan fingerprint density at radius 2 is 1.77 bits per heavy atom. The van der Waals surface area contributed by atoms with Crippen LogP contribution in [0.2, 0.25) is 0 Å². The molecule has 6 N–H and O–H groups in total. The quantitative estimate of drug-likeness (QED) is 0.400. The standard InChI is InChI=1S/C5H9NO.H3N.H3O4P/c1-6-4-2-3-5(6)7;;1-5(2,3)4/h2-4H2,1H3;1H3;(H3,1,2,3,4). The summed E-state index contributed by atoms with van der Waals surface area (Å²) in [7, 11) is -2.80. The second kappa shape index (κ2) is 6.06. The van der Waals surface area contributed by atoms with E-state index in [0.29, 0.717) is 5.91 Å². The second-order valence-corrected chi connectivity index (χ2v) is 3.46. The van der Waals surface area contributed by atoms with Crippen molar-refractivity contribution in [2.75, 3.05) is 13.6 Å². The first kappa shape index (κ1) is 15.0. The fraction of sp³-hybridized carbons (Fsp3) is 0.800. The number of hydrogen-bond acceptors (Lipinski definition) is 3. The van der Waals surface area contributed by atoms with Gasteiger partial charge in [-0.1, -0.05) is 0 Å². The molecule has 0 aliphatic carbocycles. The monoisotopic (exact) mass is 214 g/mol. The Kier molecular flexibility index (Phi) is 7.01. The maximum absolute atomic E-state index is 10.5. The van der Waals surface area contributed by atoms with Crippen LogP contribution >= 0.6 is 7.82 Å². The SMILES string of the molecule is CN1CCCC1=O.N.O=P(O)(O)O. The van der Waals surface area contributed by atoms with Crippen molar-refractivity contribution >= 4 is 13.7 Å². The molecule has 7 nitrogen and oxygen atoms in total. The molecule has 0 radical (unpaired) electrons. The zero-order valence-corrected chi connectivity index (χ0v) is 8.28. The molecule has 8 heteroatoms. The van der Waals surface area contributed by atoms with E-state index in [9.17, 15) is 4.79 Å². The number of nitrogens with zero attached hydrogens (tertiary/aromatic N) is 1. The summed E-state index contributed by atoms with van der Waals surface area (Å²) < 4.78 is 8.88. The van der Waals surface area contributed by atoms with E-state index in [-0.39, 0.29) is 6.15 Å². The molecule has 0 spiro atoms. The van der Waals surface area contributed by atoms with Gasteiger partial charge in [-0.05, 0) is 6.42 Å². The molecule has 1 aliphatic heterocycles. The van der Waals surface area contributed by atoms with Crippen molar-refractivity contribution in [1.82, 2.24) is 11.1 Å². The van der Waals surface area contributed by atoms with E-state index in [1.54, 1.807) is 4.90 Å². The molecule has 13 heavy (non-hydrogen) atoms. The molecule has 80 valence electrons. The van der Waals surface area contributed by atoms with Gasteiger partial charge in [-0.2, -0.15) is 0 Å². The van der Waals surface area contributed by atoms with Crippen LogP contribution in [0.4, 0.5) is 0 Å². The van der Waals surface area contributed by atoms with Crippen molar-refractivity contribution < 1.29 is 24.0 Å². The minimum absolute atomic E-state index is 0. The lowest BCUT2D eigenvalue weighted by Crippen LogP contribution is -2.17. The largest absolute Gasteiger partial charge is 0.466 e. The van der Waals surface area contributed by atoms with Gasteiger partial charge in [0.15, 0.2) is 0 Å². The highest BCUT2D eigenvalue weighted by Gasteiger charge is 2.14. The van der Waals surface area contributed by atoms with Gasteiger partial charge in [-0.25, -0.2) is 4.57 Å². The second-order valence-electron chi connectivity index (χ2n) is 2.43. The van der Waals surface area contributed by atoms with E-state index in [1.165, 1.54) is 0 Å². The minimum atomic E-state index is -4.64. The third kappa shape index (κ3) is 11.5. The van der Waals surface area contributed by atoms with Crippen molar-refractivity contribution in [1.29, 1.82) is 0 Å². The van der Waals surface area contributed by atoms with Gasteiger partial charge in [0.2, 0.25) is 5.91 Å². The highest BCUT2D eigenvalue weighted by Crippen LogP contribution is 2.25. The molecule has 1 amide bonds. The summed E-state index contributed by atoms with van der Waals surface area (Å²) in [6.45, 7) is 0.957. The highest BCUT2D eigenvalue weighted by molar-refractivity contribution is 7.45. The van der Waals surface area contributed by atoms with E-state index in [4.69, 9.17) is 19.2 Å². The van der Waals surface area contributed by atoms with E-state index < -0.39 is 7.82 Å². The minimum Gasteiger partial charge on any atom is -0.346 e. The third-order valence-electron chi connectivity index (χ3n) is 1.31. The predicted octanol–water partition coefficient (Wildman–Crippen LogP) is -0.528. The van der Waals surface area contributed by atoms with Gasteiger partial charge < -0.3 is 25.7 Å². The molecular formula is C5H15N2O5P. The van der Waals surface area contributed by atoms with Gasteiger partial charge in [0.05, 0.1) is 0 Å². The van der Waals surface area contributed by atoms with E-state index >= 15 is 0 Å². The summed E-state index contributed by atoms with van der Waals surface area (Å²) in [5, 5.41) is 0. The van der Waals surface area contributed by atoms with Gasteiger partial charge in [0, 0.05) is 20.0 Å². The zero-order valence-electron chi connectivity index (χ0n) is 7.38. The number of hydrogen-bond donors (Lipinski definition) is 4. The van der Waals surface area contributed by atoms with Gasteiger partial charge >= 0.3 is 7.82 Å². The lowest BCUT2D eigenvalue weighted by atomic mass is 10.4. The first-order chi connectivity index (χ1) is 5.30. The number of amides is 1. The maximum Gasteiger partial charge on any atom is 0.466 e. The van der Waals surface area contributed by atoms with Gasteiger partial charge in [0.25, 0.3) is 0 Å². The summed E-state index contributed by atoms with van der Waals surface area (Å²) in [5.74, 6) is 0.292. The van der Waals surface area contributed by atoms with Crippen LogP contribution in [0.25, 0.3) is 0 Å². The van der Waals surface area contributed by atoms with Crippen LogP contribution in [0.1, 0.15) is 12.8 Å². The first-order valence-corrected chi connectivity index (χ1v) is 4.89. The normalized spacial score (nSPS) is 16.0. The summed E-state index contributed by atoms with van der Waals surface area (Å²) in [6, 6.07) is 0. The number of phosphoric acid groups is 1. The molecular weight excluding hydrogens is 199 g/mol. The van der Waals surface area contributed by atoms with Crippen molar-refractivity contribution in [3.8, 4) is 0 Å². The lowest BCUT2D eigenvalue weighted by Gasteiger charge is -2.03. The van der Waals surface area contributed by atoms with E-state index in [1.807, 2.05) is 7.05 Å². The highest BCUT2D eigenvalue weighted by atomic mass is 31.2. The maximum atomic E-state index is 10.5. The van der Waals surface area contributed by atoms with Crippen LogP contribution < -0.4 is 6.15 Å². The molecule has 0 unspecified atom stereocenters. The van der Waals surface area contributed by atoms with Crippen molar-refractivity contribution in [3.05, 3.63) is 0 Å². The van der Waals surface area contributed by atoms with Gasteiger partial charge in [-0.3, -0.25) is 4.79 Å². The molecule has 1 fully saturated rings. The molecule has 1 aliphatic rings. The Balaban J connectivity index is 0. The summed E-state index contributed by atoms with van der Waals surface area (Å²) >= 11 is 0. The van der Waals surface area contributed by atoms with Crippen molar-refractivity contribution in [2.24, 2.45) is 0 Å². The fourth-order valence-electron chi connectivity index (χ4n) is 0.783. The first-order valence-electron chi connectivity index (χ1n) is 3.33. The van der Waals surface area contributed by atoms with Gasteiger partial charge in [0.1, 0.15) is 0 Å². The van der Waals surface area contributed by atoms with Crippen molar-refractivity contribution in [2.45, 2.75) is 12.8 Å². The van der Waals surface area contributed by atoms with Crippen molar-refractivity contribution in [3.63, 3.8) is 0 Å². The zero-order chi connectivity index (χ0) is 9.78. The topological polar surface area (TPSA) is 133 Å². The average Bonchev–Trinajstić information content (AvgIpc) is 2.12. The van der Waals surface area contributed by atoms with Crippen LogP contribution in [0.15, 0.2) is 0 Å². The number of rotatable bonds is 0. The molecule has 0 aromatic heterocycles. The van der Waals surface area contributed by atoms with Crippen LogP contribution in [0.5, 0.6) is 0 Å². The lowest BCUT2D eigenvalue weighted by molar-refractivity contribution is -0.126. The molecule has 0 bridgehead atoms. The van der Waals surface area contributed by atoms with Crippen LogP contribution in [0.3, 0.4) is 0 Å². The fourth-order valence-corrected chi connectivity index (χ4v) is 0.783. The summed E-state index contributed by atoms with van der Waals surface area (Å²) in [5.41, 5.74) is 0. The van der Waals surface area contributed by atoms with E-state index in [0.717, 1.165) is 19.4 Å². The Bertz CT molecular complexity index is 195. The molecule has 1 rings (SSSR count). The average molecular weight is 214 g/mol. The molecule has 0 atom stereocenters. The molecule has 0 aromatic rings. The summed E-state index contributed by atoms with van der Waals surface area (Å²) in [6.07, 6.45) is 1.81. The third-order valence-corrected chi connectivity index (χ3v) is 1.31. The number of likely N-dealkylation sites (tertiary alicyclic amines) is 1. The molecule has 1 saturated heterocycles. The molecule has 0 aromatic carbocycles. The molecule has 1 heterocycles. The smallest absolute Gasteiger partial charge is 0.346 e. The van der Waals surface area contributed by atoms with Crippen LogP contribution in [0, 0.1) is 0 Å². The Hall–Kier alpha value is -0.460. The molecule has 0 saturated carbocycles. The number of carbonyl (C=O) groups excluding carboxylic acids is 1. The van der Waals surface area contributed by atoms with E-state index in [2.05, 4.69) is 0 Å². The van der Waals surface area contributed by atoms with Crippen LogP contribution in [-0.4, -0.2) is 39.1 Å². The summed E-state index contributed by atoms with van der Waals surface area (Å²) in [4.78, 5) is 33.8. The Labute approximate surface area is 76.2 Å². The van der Waals surface area contributed by atoms with Crippen LogP contribution in [-0.2, 0) is 9.36 Å². The number of carbonyl (C=O) groups is 1. The predicted molar refractivity (Wildman–Crippen MR) is 46.2 cm³/mol. The van der Waals surface area contributed by atoms with Gasteiger partial charge in [-0.15, -0.1) is 0 Å². The Morgan fingerprint density at radius 3 is 1.85 bits per heavy atom.